The van der Waals surface area contributed by atoms with Gasteiger partial charge in [0.1, 0.15) is 9.46 Å². The van der Waals surface area contributed by atoms with E-state index >= 15 is 0 Å². The lowest BCUT2D eigenvalue weighted by molar-refractivity contribution is 0.571. The van der Waals surface area contributed by atoms with Gasteiger partial charge >= 0.3 is 0 Å². The zero-order chi connectivity index (χ0) is 15.5. The molecule has 0 aliphatic carbocycles. The average Bonchev–Trinajstić information content (AvgIpc) is 3.12. The Labute approximate surface area is 132 Å². The predicted molar refractivity (Wildman–Crippen MR) is 86.0 cm³/mol. The molecule has 1 atom stereocenters. The number of sulfonamides is 1. The van der Waals surface area contributed by atoms with Crippen molar-refractivity contribution >= 4 is 42.5 Å². The monoisotopic (exact) mass is 365 g/mol. The Morgan fingerprint density at radius 1 is 1.10 bits per heavy atom. The number of thiophene rings is 2. The second-order valence-corrected chi connectivity index (χ2v) is 10.6. The molecule has 0 amide bonds. The lowest BCUT2D eigenvalue weighted by atomic mass is 10.3. The van der Waals surface area contributed by atoms with Gasteiger partial charge in [-0.15, -0.1) is 22.7 Å². The lowest BCUT2D eigenvalue weighted by Crippen LogP contribution is -2.32. The van der Waals surface area contributed by atoms with E-state index in [-0.39, 0.29) is 16.5 Å². The van der Waals surface area contributed by atoms with Crippen LogP contribution in [0, 0.1) is 0 Å². The fourth-order valence-electron chi connectivity index (χ4n) is 1.71. The Morgan fingerprint density at radius 3 is 2.29 bits per heavy atom. The zero-order valence-corrected chi connectivity index (χ0v) is 14.5. The first-order chi connectivity index (χ1) is 9.87. The van der Waals surface area contributed by atoms with Crippen LogP contribution < -0.4 is 4.72 Å². The van der Waals surface area contributed by atoms with Gasteiger partial charge in [-0.3, -0.25) is 0 Å². The van der Waals surface area contributed by atoms with Gasteiger partial charge in [0.15, 0.2) is 9.84 Å². The minimum absolute atomic E-state index is 0.0801. The largest absolute Gasteiger partial charge is 0.222 e. The highest BCUT2D eigenvalue weighted by atomic mass is 32.2. The molecule has 0 bridgehead atoms. The molecule has 0 spiro atoms. The second kappa shape index (κ2) is 6.57. The van der Waals surface area contributed by atoms with Gasteiger partial charge in [-0.05, 0) is 29.8 Å². The van der Waals surface area contributed by atoms with Crippen LogP contribution in [0.5, 0.6) is 0 Å². The van der Waals surface area contributed by atoms with Gasteiger partial charge in [0.05, 0.1) is 5.75 Å². The molecule has 1 N–H and O–H groups in total. The van der Waals surface area contributed by atoms with Gasteiger partial charge in [0.25, 0.3) is 0 Å². The minimum Gasteiger partial charge on any atom is -0.222 e. The van der Waals surface area contributed by atoms with Crippen LogP contribution >= 0.6 is 22.7 Å². The van der Waals surface area contributed by atoms with Gasteiger partial charge in [0.2, 0.25) is 10.0 Å². The summed E-state index contributed by atoms with van der Waals surface area (Å²) in [4.78, 5) is 0.627. The van der Waals surface area contributed by atoms with Crippen LogP contribution in [0.4, 0.5) is 0 Å². The molecule has 5 nitrogen and oxygen atoms in total. The molecule has 0 saturated carbocycles. The molecule has 2 aromatic rings. The minimum atomic E-state index is -3.61. The summed E-state index contributed by atoms with van der Waals surface area (Å²) in [6, 6.07) is 6.67. The zero-order valence-electron chi connectivity index (χ0n) is 11.2. The molecule has 2 rings (SSSR count). The standard InChI is InChI=1S/C12H15NO4S4/c1-2-20(14,15)13-9-11(10-5-3-7-18-10)21(16,17)12-6-4-8-19-12/h3-8,11,13H,2,9H2,1H3. The number of nitrogens with one attached hydrogen (secondary N) is 1. The first-order valence-electron chi connectivity index (χ1n) is 6.15. The van der Waals surface area contributed by atoms with Crippen molar-refractivity contribution in [3.63, 3.8) is 0 Å². The Bertz CT molecular complexity index is 761. The smallest absolute Gasteiger partial charge is 0.211 e. The molecule has 2 aromatic heterocycles. The molecular formula is C12H15NO4S4. The lowest BCUT2D eigenvalue weighted by Gasteiger charge is -2.16. The number of hydrogen-bond acceptors (Lipinski definition) is 6. The van der Waals surface area contributed by atoms with Gasteiger partial charge in [-0.25, -0.2) is 21.6 Å². The molecule has 0 aliphatic rings. The molecule has 2 heterocycles. The number of sulfone groups is 1. The maximum absolute atomic E-state index is 12.7. The molecule has 0 radical (unpaired) electrons. The summed E-state index contributed by atoms with van der Waals surface area (Å²) in [6.45, 7) is 1.35. The van der Waals surface area contributed by atoms with E-state index in [0.29, 0.717) is 4.88 Å². The Balaban J connectivity index is 2.34. The predicted octanol–water partition coefficient (Wildman–Crippen LogP) is 2.26. The molecule has 1 unspecified atom stereocenters. The van der Waals surface area contributed by atoms with Gasteiger partial charge in [-0.1, -0.05) is 12.1 Å². The third-order valence-electron chi connectivity index (χ3n) is 2.88. The first kappa shape index (κ1) is 16.6. The maximum Gasteiger partial charge on any atom is 0.211 e. The van der Waals surface area contributed by atoms with Crippen molar-refractivity contribution in [3.05, 3.63) is 39.9 Å². The fraction of sp³-hybridized carbons (Fsp3) is 0.333. The quantitative estimate of drug-likeness (QED) is 0.816. The van der Waals surface area contributed by atoms with Crippen molar-refractivity contribution in [2.45, 2.75) is 16.4 Å². The molecule has 21 heavy (non-hydrogen) atoms. The van der Waals surface area contributed by atoms with Gasteiger partial charge in [0, 0.05) is 11.4 Å². The van der Waals surface area contributed by atoms with E-state index in [0.717, 1.165) is 11.3 Å². The Hall–Kier alpha value is -0.740. The average molecular weight is 366 g/mol. The summed E-state index contributed by atoms with van der Waals surface area (Å²) in [5.41, 5.74) is 0. The highest BCUT2D eigenvalue weighted by Gasteiger charge is 2.31. The summed E-state index contributed by atoms with van der Waals surface area (Å²) in [5, 5.41) is 2.56. The van der Waals surface area contributed by atoms with Crippen LogP contribution in [0.2, 0.25) is 0 Å². The van der Waals surface area contributed by atoms with E-state index in [1.165, 1.54) is 24.3 Å². The summed E-state index contributed by atoms with van der Waals surface area (Å²) in [7, 11) is -7.05. The second-order valence-electron chi connectivity index (χ2n) is 4.23. The summed E-state index contributed by atoms with van der Waals surface area (Å²) in [6.07, 6.45) is 0. The van der Waals surface area contributed by atoms with E-state index in [1.807, 2.05) is 0 Å². The third-order valence-corrected chi connectivity index (χ3v) is 8.89. The third kappa shape index (κ3) is 3.92. The molecule has 0 aromatic carbocycles. The van der Waals surface area contributed by atoms with Crippen LogP contribution in [-0.4, -0.2) is 29.1 Å². The van der Waals surface area contributed by atoms with E-state index in [2.05, 4.69) is 4.72 Å². The number of rotatable bonds is 7. The fourth-order valence-corrected chi connectivity index (χ4v) is 6.43. The van der Waals surface area contributed by atoms with E-state index in [9.17, 15) is 16.8 Å². The molecule has 9 heteroatoms. The van der Waals surface area contributed by atoms with Crippen molar-refractivity contribution in [1.29, 1.82) is 0 Å². The van der Waals surface area contributed by atoms with Gasteiger partial charge < -0.3 is 0 Å². The maximum atomic E-state index is 12.7. The van der Waals surface area contributed by atoms with Crippen molar-refractivity contribution in [2.75, 3.05) is 12.3 Å². The van der Waals surface area contributed by atoms with Crippen LogP contribution in [0.1, 0.15) is 17.1 Å². The molecule has 0 saturated heterocycles. The molecule has 116 valence electrons. The van der Waals surface area contributed by atoms with Crippen molar-refractivity contribution in [3.8, 4) is 0 Å². The topological polar surface area (TPSA) is 80.3 Å². The molecule has 0 aliphatic heterocycles. The normalized spacial score (nSPS) is 14.1. The van der Waals surface area contributed by atoms with Crippen molar-refractivity contribution in [1.82, 2.24) is 4.72 Å². The van der Waals surface area contributed by atoms with Crippen LogP contribution in [0.25, 0.3) is 0 Å². The molecule has 0 fully saturated rings. The Kier molecular flexibility index (Phi) is 5.20. The number of hydrogen-bond donors (Lipinski definition) is 1. The first-order valence-corrected chi connectivity index (χ1v) is 11.1. The van der Waals surface area contributed by atoms with Crippen molar-refractivity contribution < 1.29 is 16.8 Å². The van der Waals surface area contributed by atoms with E-state index in [4.69, 9.17) is 0 Å². The SMILES string of the molecule is CCS(=O)(=O)NCC(c1cccs1)S(=O)(=O)c1cccs1. The summed E-state index contributed by atoms with van der Waals surface area (Å²) in [5.74, 6) is -0.0801. The highest BCUT2D eigenvalue weighted by molar-refractivity contribution is 7.94. The summed E-state index contributed by atoms with van der Waals surface area (Å²) >= 11 is 2.44. The van der Waals surface area contributed by atoms with Crippen molar-refractivity contribution in [2.24, 2.45) is 0 Å². The Morgan fingerprint density at radius 2 is 1.76 bits per heavy atom. The van der Waals surface area contributed by atoms with Crippen LogP contribution in [-0.2, 0) is 19.9 Å². The van der Waals surface area contributed by atoms with Gasteiger partial charge in [-0.2, -0.15) is 0 Å². The van der Waals surface area contributed by atoms with Crippen LogP contribution in [0.15, 0.2) is 39.2 Å². The van der Waals surface area contributed by atoms with E-state index in [1.54, 1.807) is 29.0 Å². The molecular weight excluding hydrogens is 350 g/mol. The van der Waals surface area contributed by atoms with E-state index < -0.39 is 25.1 Å². The highest BCUT2D eigenvalue weighted by Crippen LogP contribution is 2.33. The van der Waals surface area contributed by atoms with Crippen LogP contribution in [0.3, 0.4) is 0 Å². The summed E-state index contributed by atoms with van der Waals surface area (Å²) < 4.78 is 51.1.